The molecular formula is C14H17N3O2. The van der Waals surface area contributed by atoms with Crippen LogP contribution in [0.5, 0.6) is 0 Å². The molecule has 1 aromatic heterocycles. The summed E-state index contributed by atoms with van der Waals surface area (Å²) in [6, 6.07) is 5.85. The fourth-order valence-corrected chi connectivity index (χ4v) is 2.49. The smallest absolute Gasteiger partial charge is 0.307 e. The molecule has 100 valence electrons. The predicted octanol–water partition coefficient (Wildman–Crippen LogP) is 1.88. The molecule has 2 heterocycles. The van der Waals surface area contributed by atoms with Gasteiger partial charge in [0.15, 0.2) is 0 Å². The maximum absolute atomic E-state index is 11.5. The van der Waals surface area contributed by atoms with E-state index in [0.29, 0.717) is 12.1 Å². The quantitative estimate of drug-likeness (QED) is 0.775. The van der Waals surface area contributed by atoms with E-state index in [2.05, 4.69) is 9.88 Å². The van der Waals surface area contributed by atoms with E-state index in [-0.39, 0.29) is 12.0 Å². The van der Waals surface area contributed by atoms with Crippen LogP contribution in [0.3, 0.4) is 0 Å². The van der Waals surface area contributed by atoms with Crippen molar-refractivity contribution < 1.29 is 9.53 Å². The number of hydrogen-bond acceptors (Lipinski definition) is 5. The largest absolute Gasteiger partial charge is 0.469 e. The summed E-state index contributed by atoms with van der Waals surface area (Å²) in [4.78, 5) is 17.6. The Bertz CT molecular complexity index is 496. The first-order chi connectivity index (χ1) is 9.24. The van der Waals surface area contributed by atoms with Gasteiger partial charge in [0.05, 0.1) is 13.5 Å². The molecule has 1 aliphatic rings. The van der Waals surface area contributed by atoms with Crippen LogP contribution in [0.25, 0.3) is 0 Å². The van der Waals surface area contributed by atoms with Gasteiger partial charge in [-0.15, -0.1) is 0 Å². The number of anilines is 1. The summed E-state index contributed by atoms with van der Waals surface area (Å²) in [5.74, 6) is -0.188. The van der Waals surface area contributed by atoms with Crippen molar-refractivity contribution >= 4 is 11.7 Å². The predicted molar refractivity (Wildman–Crippen MR) is 70.6 cm³/mol. The molecule has 1 atom stereocenters. The molecular weight excluding hydrogens is 242 g/mol. The van der Waals surface area contributed by atoms with Crippen molar-refractivity contribution in [2.24, 2.45) is 0 Å². The van der Waals surface area contributed by atoms with E-state index in [4.69, 9.17) is 10.00 Å². The van der Waals surface area contributed by atoms with Gasteiger partial charge < -0.3 is 9.64 Å². The molecule has 0 bridgehead atoms. The molecule has 0 aromatic carbocycles. The van der Waals surface area contributed by atoms with Crippen LogP contribution >= 0.6 is 0 Å². The highest BCUT2D eigenvalue weighted by atomic mass is 16.5. The molecule has 1 saturated heterocycles. The molecule has 1 aliphatic heterocycles. The average Bonchev–Trinajstić information content (AvgIpc) is 2.47. The Labute approximate surface area is 112 Å². The van der Waals surface area contributed by atoms with E-state index in [1.807, 2.05) is 12.1 Å². The highest BCUT2D eigenvalue weighted by Crippen LogP contribution is 2.26. The molecule has 0 aliphatic carbocycles. The van der Waals surface area contributed by atoms with E-state index in [0.717, 1.165) is 31.5 Å². The summed E-state index contributed by atoms with van der Waals surface area (Å²) < 4.78 is 4.75. The second-order valence-electron chi connectivity index (χ2n) is 4.63. The minimum absolute atomic E-state index is 0.148. The molecule has 0 amide bonds. The van der Waals surface area contributed by atoms with Crippen LogP contribution in [0.4, 0.5) is 5.69 Å². The van der Waals surface area contributed by atoms with Crippen molar-refractivity contribution in [3.05, 3.63) is 24.0 Å². The minimum atomic E-state index is -0.188. The van der Waals surface area contributed by atoms with Crippen molar-refractivity contribution in [1.29, 1.82) is 5.26 Å². The normalized spacial score (nSPS) is 18.7. The first-order valence-corrected chi connectivity index (χ1v) is 6.44. The van der Waals surface area contributed by atoms with Gasteiger partial charge in [-0.25, -0.2) is 4.98 Å². The third-order valence-corrected chi connectivity index (χ3v) is 3.45. The van der Waals surface area contributed by atoms with E-state index in [9.17, 15) is 4.79 Å². The zero-order valence-electron chi connectivity index (χ0n) is 11.0. The molecule has 1 unspecified atom stereocenters. The number of esters is 1. The van der Waals surface area contributed by atoms with Gasteiger partial charge in [-0.3, -0.25) is 4.79 Å². The second kappa shape index (κ2) is 6.19. The number of rotatable bonds is 3. The van der Waals surface area contributed by atoms with Gasteiger partial charge in [-0.2, -0.15) is 5.26 Å². The number of ether oxygens (including phenoxy) is 1. The van der Waals surface area contributed by atoms with Crippen molar-refractivity contribution in [3.8, 4) is 6.07 Å². The summed E-state index contributed by atoms with van der Waals surface area (Å²) in [6.45, 7) is 0.899. The average molecular weight is 259 g/mol. The highest BCUT2D eigenvalue weighted by molar-refractivity contribution is 5.71. The van der Waals surface area contributed by atoms with Gasteiger partial charge in [0.25, 0.3) is 0 Å². The summed E-state index contributed by atoms with van der Waals surface area (Å²) in [5, 5.41) is 8.90. The standard InChI is InChI=1S/C14H17N3O2/c1-19-14(18)9-12-4-2-3-7-17(12)13-5-6-16-11(8-13)10-15/h5-6,8,12H,2-4,7,9H2,1H3. The van der Waals surface area contributed by atoms with Crippen LogP contribution < -0.4 is 4.90 Å². The Morgan fingerprint density at radius 3 is 3.21 bits per heavy atom. The first-order valence-electron chi connectivity index (χ1n) is 6.44. The lowest BCUT2D eigenvalue weighted by Gasteiger charge is -2.37. The Morgan fingerprint density at radius 1 is 1.63 bits per heavy atom. The van der Waals surface area contributed by atoms with Gasteiger partial charge in [-0.05, 0) is 31.4 Å². The number of piperidine rings is 1. The van der Waals surface area contributed by atoms with Crippen molar-refractivity contribution in [2.45, 2.75) is 31.7 Å². The number of aromatic nitrogens is 1. The molecule has 5 heteroatoms. The molecule has 0 N–H and O–H groups in total. The zero-order valence-corrected chi connectivity index (χ0v) is 11.0. The van der Waals surface area contributed by atoms with Gasteiger partial charge in [0, 0.05) is 24.5 Å². The Morgan fingerprint density at radius 2 is 2.47 bits per heavy atom. The lowest BCUT2D eigenvalue weighted by molar-refractivity contribution is -0.141. The molecule has 1 fully saturated rings. The monoisotopic (exact) mass is 259 g/mol. The number of carbonyl (C=O) groups excluding carboxylic acids is 1. The lowest BCUT2D eigenvalue weighted by Crippen LogP contribution is -2.41. The minimum Gasteiger partial charge on any atom is -0.469 e. The number of nitrogens with zero attached hydrogens (tertiary/aromatic N) is 3. The summed E-state index contributed by atoms with van der Waals surface area (Å²) in [7, 11) is 1.41. The van der Waals surface area contributed by atoms with E-state index in [1.54, 1.807) is 12.3 Å². The molecule has 2 rings (SSSR count). The second-order valence-corrected chi connectivity index (χ2v) is 4.63. The van der Waals surface area contributed by atoms with Crippen LogP contribution in [0, 0.1) is 11.3 Å². The van der Waals surface area contributed by atoms with Crippen molar-refractivity contribution in [3.63, 3.8) is 0 Å². The van der Waals surface area contributed by atoms with Crippen LogP contribution in [0.1, 0.15) is 31.4 Å². The fourth-order valence-electron chi connectivity index (χ4n) is 2.49. The molecule has 0 spiro atoms. The summed E-state index contributed by atoms with van der Waals surface area (Å²) in [6.07, 6.45) is 5.22. The molecule has 1 aromatic rings. The maximum Gasteiger partial charge on any atom is 0.307 e. The third kappa shape index (κ3) is 3.22. The SMILES string of the molecule is COC(=O)CC1CCCCN1c1ccnc(C#N)c1. The van der Waals surface area contributed by atoms with Crippen LogP contribution in [-0.2, 0) is 9.53 Å². The number of methoxy groups -OCH3 is 1. The fraction of sp³-hybridized carbons (Fsp3) is 0.500. The van der Waals surface area contributed by atoms with Crippen LogP contribution in [-0.4, -0.2) is 30.6 Å². The summed E-state index contributed by atoms with van der Waals surface area (Å²) in [5.41, 5.74) is 1.36. The van der Waals surface area contributed by atoms with E-state index < -0.39 is 0 Å². The molecule has 19 heavy (non-hydrogen) atoms. The van der Waals surface area contributed by atoms with Crippen LogP contribution in [0.15, 0.2) is 18.3 Å². The first kappa shape index (κ1) is 13.3. The maximum atomic E-state index is 11.5. The Kier molecular flexibility index (Phi) is 4.35. The number of hydrogen-bond donors (Lipinski definition) is 0. The molecule has 5 nitrogen and oxygen atoms in total. The Hall–Kier alpha value is -2.09. The topological polar surface area (TPSA) is 66.2 Å². The van der Waals surface area contributed by atoms with E-state index >= 15 is 0 Å². The number of nitriles is 1. The molecule has 0 radical (unpaired) electrons. The van der Waals surface area contributed by atoms with Gasteiger partial charge in [-0.1, -0.05) is 0 Å². The summed E-state index contributed by atoms with van der Waals surface area (Å²) >= 11 is 0. The lowest BCUT2D eigenvalue weighted by atomic mass is 9.98. The van der Waals surface area contributed by atoms with Crippen molar-refractivity contribution in [2.75, 3.05) is 18.6 Å². The van der Waals surface area contributed by atoms with Gasteiger partial charge in [0.2, 0.25) is 0 Å². The van der Waals surface area contributed by atoms with Crippen molar-refractivity contribution in [1.82, 2.24) is 4.98 Å². The van der Waals surface area contributed by atoms with Gasteiger partial charge >= 0.3 is 5.97 Å². The third-order valence-electron chi connectivity index (χ3n) is 3.45. The zero-order chi connectivity index (χ0) is 13.7. The highest BCUT2D eigenvalue weighted by Gasteiger charge is 2.25. The van der Waals surface area contributed by atoms with Gasteiger partial charge in [0.1, 0.15) is 11.8 Å². The van der Waals surface area contributed by atoms with E-state index in [1.165, 1.54) is 7.11 Å². The molecule has 0 saturated carbocycles. The van der Waals surface area contributed by atoms with Crippen LogP contribution in [0.2, 0.25) is 0 Å². The Balaban J connectivity index is 2.18. The number of carbonyl (C=O) groups is 1. The number of pyridine rings is 1.